The summed E-state index contributed by atoms with van der Waals surface area (Å²) in [5.74, 6) is 0.476. The Labute approximate surface area is 275 Å². The Hall–Kier alpha value is -4.67. The maximum atomic E-state index is 12.8. The molecule has 3 aromatic rings. The average Bonchev–Trinajstić information content (AvgIpc) is 3.05. The van der Waals surface area contributed by atoms with Crippen molar-refractivity contribution in [3.63, 3.8) is 0 Å². The van der Waals surface area contributed by atoms with Gasteiger partial charge in [-0.25, -0.2) is 14.4 Å². The lowest BCUT2D eigenvalue weighted by atomic mass is 9.90. The van der Waals surface area contributed by atoms with Gasteiger partial charge < -0.3 is 33.2 Å². The van der Waals surface area contributed by atoms with Crippen molar-refractivity contribution in [2.24, 2.45) is 5.41 Å². The minimum Gasteiger partial charge on any atom is -0.494 e. The molecular weight excluding hydrogens is 604 g/mol. The van der Waals surface area contributed by atoms with E-state index in [1.54, 1.807) is 73.7 Å². The fourth-order valence-electron chi connectivity index (χ4n) is 4.52. The average molecular weight is 647 g/mol. The van der Waals surface area contributed by atoms with Crippen LogP contribution in [-0.4, -0.2) is 64.2 Å². The van der Waals surface area contributed by atoms with Crippen LogP contribution in [0.25, 0.3) is 0 Å². The van der Waals surface area contributed by atoms with Crippen LogP contribution >= 0.6 is 0 Å². The minimum absolute atomic E-state index is 0.167. The number of carbonyl (C=O) groups excluding carboxylic acids is 3. The zero-order valence-electron chi connectivity index (χ0n) is 27.0. The quantitative estimate of drug-likeness (QED) is 0.0616. The van der Waals surface area contributed by atoms with E-state index in [2.05, 4.69) is 13.5 Å². The number of esters is 3. The molecule has 0 saturated carbocycles. The van der Waals surface area contributed by atoms with Gasteiger partial charge in [0.15, 0.2) is 0 Å². The molecule has 0 unspecified atom stereocenters. The van der Waals surface area contributed by atoms with Gasteiger partial charge in [0.2, 0.25) is 0 Å². The van der Waals surface area contributed by atoms with Crippen molar-refractivity contribution >= 4 is 17.9 Å². The molecule has 1 aliphatic rings. The van der Waals surface area contributed by atoms with E-state index in [1.165, 1.54) is 0 Å². The molecule has 10 nitrogen and oxygen atoms in total. The maximum absolute atomic E-state index is 12.8. The number of benzene rings is 3. The smallest absolute Gasteiger partial charge is 0.343 e. The fourth-order valence-corrected chi connectivity index (χ4v) is 4.52. The van der Waals surface area contributed by atoms with Crippen LogP contribution in [0.15, 0.2) is 79.4 Å². The molecule has 10 heteroatoms. The van der Waals surface area contributed by atoms with E-state index in [1.807, 2.05) is 0 Å². The van der Waals surface area contributed by atoms with E-state index in [0.717, 1.165) is 38.7 Å². The van der Waals surface area contributed by atoms with Crippen LogP contribution in [0.2, 0.25) is 0 Å². The van der Waals surface area contributed by atoms with Gasteiger partial charge >= 0.3 is 17.9 Å². The molecule has 1 heterocycles. The molecular formula is C37H42O10. The van der Waals surface area contributed by atoms with E-state index in [9.17, 15) is 14.4 Å². The topological polar surface area (TPSA) is 116 Å². The molecule has 0 atom stereocenters. The van der Waals surface area contributed by atoms with Crippen LogP contribution < -0.4 is 18.9 Å². The van der Waals surface area contributed by atoms with Crippen molar-refractivity contribution in [3.8, 4) is 23.0 Å². The highest BCUT2D eigenvalue weighted by Crippen LogP contribution is 2.27. The van der Waals surface area contributed by atoms with Crippen molar-refractivity contribution in [1.29, 1.82) is 0 Å². The van der Waals surface area contributed by atoms with E-state index in [-0.39, 0.29) is 5.41 Å². The number of hydrogen-bond acceptors (Lipinski definition) is 10. The van der Waals surface area contributed by atoms with Gasteiger partial charge in [0.1, 0.15) is 23.0 Å². The SMILES string of the molecule is C=CC(=O)OCCCCOc1ccc(C(=O)Oc2ccc(C(=O)Oc3ccc(OCCCCOCC4(C)COC4)cc3)c(C)c2)cc1. The first-order valence-electron chi connectivity index (χ1n) is 15.7. The van der Waals surface area contributed by atoms with Gasteiger partial charge in [0.05, 0.1) is 50.8 Å². The highest BCUT2D eigenvalue weighted by molar-refractivity contribution is 5.94. The summed E-state index contributed by atoms with van der Waals surface area (Å²) in [4.78, 5) is 36.6. The number of carbonyl (C=O) groups is 3. The predicted octanol–water partition coefficient (Wildman–Crippen LogP) is 6.53. The lowest BCUT2D eigenvalue weighted by molar-refractivity contribution is -0.138. The first kappa shape index (κ1) is 35.2. The van der Waals surface area contributed by atoms with Crippen LogP contribution in [0.1, 0.15) is 58.9 Å². The van der Waals surface area contributed by atoms with Gasteiger partial charge in [-0.3, -0.25) is 0 Å². The zero-order chi connectivity index (χ0) is 33.5. The molecule has 0 aliphatic carbocycles. The highest BCUT2D eigenvalue weighted by Gasteiger charge is 2.33. The van der Waals surface area contributed by atoms with E-state index >= 15 is 0 Å². The van der Waals surface area contributed by atoms with Crippen molar-refractivity contribution in [2.75, 3.05) is 46.2 Å². The van der Waals surface area contributed by atoms with E-state index in [0.29, 0.717) is 79.0 Å². The Morgan fingerprint density at radius 2 is 1.30 bits per heavy atom. The molecule has 0 bridgehead atoms. The zero-order valence-corrected chi connectivity index (χ0v) is 27.0. The van der Waals surface area contributed by atoms with Crippen molar-refractivity contribution in [1.82, 2.24) is 0 Å². The normalized spacial score (nSPS) is 13.1. The summed E-state index contributed by atoms with van der Waals surface area (Å²) < 4.78 is 38.4. The lowest BCUT2D eigenvalue weighted by Gasteiger charge is -2.37. The molecule has 0 radical (unpaired) electrons. The van der Waals surface area contributed by atoms with Gasteiger partial charge in [0.25, 0.3) is 0 Å². The minimum atomic E-state index is -0.542. The molecule has 1 fully saturated rings. The summed E-state index contributed by atoms with van der Waals surface area (Å²) in [6.45, 7) is 11.5. The van der Waals surface area contributed by atoms with Crippen LogP contribution in [-0.2, 0) is 19.0 Å². The predicted molar refractivity (Wildman–Crippen MR) is 174 cm³/mol. The summed E-state index contributed by atoms with van der Waals surface area (Å²) in [7, 11) is 0. The van der Waals surface area contributed by atoms with Gasteiger partial charge in [-0.2, -0.15) is 0 Å². The first-order chi connectivity index (χ1) is 22.7. The Morgan fingerprint density at radius 3 is 1.89 bits per heavy atom. The van der Waals surface area contributed by atoms with Gasteiger partial charge in [0, 0.05) is 18.1 Å². The summed E-state index contributed by atoms with van der Waals surface area (Å²) >= 11 is 0. The van der Waals surface area contributed by atoms with Gasteiger partial charge in [-0.15, -0.1) is 0 Å². The third kappa shape index (κ3) is 11.6. The molecule has 4 rings (SSSR count). The number of ether oxygens (including phenoxy) is 7. The molecule has 250 valence electrons. The van der Waals surface area contributed by atoms with Gasteiger partial charge in [-0.05, 0) is 105 Å². The number of hydrogen-bond donors (Lipinski definition) is 0. The van der Waals surface area contributed by atoms with Crippen LogP contribution in [0, 0.1) is 12.3 Å². The molecule has 1 aliphatic heterocycles. The number of rotatable bonds is 19. The second-order valence-electron chi connectivity index (χ2n) is 11.6. The molecule has 3 aromatic carbocycles. The second kappa shape index (κ2) is 17.9. The van der Waals surface area contributed by atoms with Crippen molar-refractivity contribution in [2.45, 2.75) is 39.5 Å². The first-order valence-corrected chi connectivity index (χ1v) is 15.7. The van der Waals surface area contributed by atoms with E-state index in [4.69, 9.17) is 33.2 Å². The van der Waals surface area contributed by atoms with Crippen molar-refractivity contribution < 1.29 is 47.5 Å². The highest BCUT2D eigenvalue weighted by atomic mass is 16.5. The summed E-state index contributed by atoms with van der Waals surface area (Å²) in [6.07, 6.45) is 4.27. The number of unbranched alkanes of at least 4 members (excludes halogenated alkanes) is 2. The monoisotopic (exact) mass is 646 g/mol. The second-order valence-corrected chi connectivity index (χ2v) is 11.6. The fraction of sp³-hybridized carbons (Fsp3) is 0.378. The summed E-state index contributed by atoms with van der Waals surface area (Å²) in [5.41, 5.74) is 1.47. The third-order valence-corrected chi connectivity index (χ3v) is 7.27. The Bertz CT molecular complexity index is 1480. The molecule has 1 saturated heterocycles. The summed E-state index contributed by atoms with van der Waals surface area (Å²) in [6, 6.07) is 18.2. The molecule has 47 heavy (non-hydrogen) atoms. The largest absolute Gasteiger partial charge is 0.494 e. The standard InChI is InChI=1S/C37H42O10/c1-4-34(38)45-22-8-7-21-43-29-11-9-28(10-12-29)35(39)47-32-17-18-33(27(2)23-32)36(40)46-31-15-13-30(14-16-31)44-20-6-5-19-41-24-37(3)25-42-26-37/h4,9-18,23H,1,5-8,19-22,24-26H2,2-3H3. The Balaban J connectivity index is 1.15. The maximum Gasteiger partial charge on any atom is 0.343 e. The third-order valence-electron chi connectivity index (χ3n) is 7.27. The lowest BCUT2D eigenvalue weighted by Crippen LogP contribution is -2.43. The Kier molecular flexibility index (Phi) is 13.4. The van der Waals surface area contributed by atoms with Gasteiger partial charge in [-0.1, -0.05) is 13.5 Å². The summed E-state index contributed by atoms with van der Waals surface area (Å²) in [5, 5.41) is 0. The van der Waals surface area contributed by atoms with E-state index < -0.39 is 17.9 Å². The molecule has 0 spiro atoms. The van der Waals surface area contributed by atoms with Crippen LogP contribution in [0.4, 0.5) is 0 Å². The Morgan fingerprint density at radius 1 is 0.745 bits per heavy atom. The molecule has 0 amide bonds. The van der Waals surface area contributed by atoms with Crippen molar-refractivity contribution in [3.05, 3.63) is 96.1 Å². The molecule has 0 N–H and O–H groups in total. The van der Waals surface area contributed by atoms with Crippen LogP contribution in [0.5, 0.6) is 23.0 Å². The van der Waals surface area contributed by atoms with Crippen LogP contribution in [0.3, 0.4) is 0 Å². The number of aryl methyl sites for hydroxylation is 1. The molecule has 0 aromatic heterocycles.